The van der Waals surface area contributed by atoms with Crippen LogP contribution in [0.3, 0.4) is 0 Å². The number of aromatic amines is 1. The first-order valence-electron chi connectivity index (χ1n) is 5.81. The molecule has 0 saturated carbocycles. The van der Waals surface area contributed by atoms with Gasteiger partial charge in [-0.15, -0.1) is 0 Å². The summed E-state index contributed by atoms with van der Waals surface area (Å²) in [5, 5.41) is 6.58. The summed E-state index contributed by atoms with van der Waals surface area (Å²) >= 11 is 3.37. The molecule has 2 rings (SSSR count). The van der Waals surface area contributed by atoms with Crippen LogP contribution in [0, 0.1) is 0 Å². The molecule has 1 aromatic heterocycles. The molecule has 1 amide bonds. The SMILES string of the molecule is CN(Cc1cn[nH]c1)C(=O)C=Cc1ccc(Br)cc1. The zero-order valence-corrected chi connectivity index (χ0v) is 12.1. The van der Waals surface area contributed by atoms with E-state index in [1.165, 1.54) is 0 Å². The topological polar surface area (TPSA) is 49.0 Å². The summed E-state index contributed by atoms with van der Waals surface area (Å²) in [7, 11) is 1.77. The van der Waals surface area contributed by atoms with Crippen molar-refractivity contribution in [3.63, 3.8) is 0 Å². The van der Waals surface area contributed by atoms with Crippen LogP contribution in [-0.4, -0.2) is 28.1 Å². The Morgan fingerprint density at radius 1 is 1.42 bits per heavy atom. The first-order chi connectivity index (χ1) is 9.15. The molecule has 0 aliphatic carbocycles. The molecule has 98 valence electrons. The van der Waals surface area contributed by atoms with Gasteiger partial charge in [-0.25, -0.2) is 0 Å². The summed E-state index contributed by atoms with van der Waals surface area (Å²) in [5.41, 5.74) is 1.97. The number of rotatable bonds is 4. The molecule has 0 atom stereocenters. The highest BCUT2D eigenvalue weighted by molar-refractivity contribution is 9.10. The van der Waals surface area contributed by atoms with E-state index in [4.69, 9.17) is 0 Å². The van der Waals surface area contributed by atoms with Gasteiger partial charge in [-0.3, -0.25) is 9.89 Å². The molecule has 0 aliphatic heterocycles. The van der Waals surface area contributed by atoms with Gasteiger partial charge in [0.1, 0.15) is 0 Å². The lowest BCUT2D eigenvalue weighted by atomic mass is 10.2. The fourth-order valence-electron chi connectivity index (χ4n) is 1.58. The van der Waals surface area contributed by atoms with Crippen molar-refractivity contribution in [3.05, 3.63) is 58.3 Å². The third-order valence-electron chi connectivity index (χ3n) is 2.64. The molecule has 0 radical (unpaired) electrons. The van der Waals surface area contributed by atoms with Crippen LogP contribution in [0.15, 0.2) is 47.2 Å². The van der Waals surface area contributed by atoms with Gasteiger partial charge in [0.2, 0.25) is 5.91 Å². The number of hydrogen-bond donors (Lipinski definition) is 1. The predicted octanol–water partition coefficient (Wildman–Crippen LogP) is 2.84. The maximum atomic E-state index is 11.9. The maximum absolute atomic E-state index is 11.9. The molecule has 5 heteroatoms. The lowest BCUT2D eigenvalue weighted by Crippen LogP contribution is -2.23. The first kappa shape index (κ1) is 13.5. The van der Waals surface area contributed by atoms with Crippen molar-refractivity contribution in [2.24, 2.45) is 0 Å². The molecular weight excluding hydrogens is 306 g/mol. The van der Waals surface area contributed by atoms with Crippen LogP contribution in [0.4, 0.5) is 0 Å². The normalized spacial score (nSPS) is 10.8. The van der Waals surface area contributed by atoms with Crippen molar-refractivity contribution in [1.29, 1.82) is 0 Å². The molecule has 0 unspecified atom stereocenters. The minimum absolute atomic E-state index is 0.0379. The van der Waals surface area contributed by atoms with E-state index in [9.17, 15) is 4.79 Å². The number of nitrogens with zero attached hydrogens (tertiary/aromatic N) is 2. The highest BCUT2D eigenvalue weighted by Crippen LogP contribution is 2.11. The number of aromatic nitrogens is 2. The quantitative estimate of drug-likeness (QED) is 0.881. The van der Waals surface area contributed by atoms with Crippen LogP contribution in [-0.2, 0) is 11.3 Å². The lowest BCUT2D eigenvalue weighted by Gasteiger charge is -2.13. The lowest BCUT2D eigenvalue weighted by molar-refractivity contribution is -0.125. The number of halogens is 1. The molecular formula is C14H14BrN3O. The highest BCUT2D eigenvalue weighted by Gasteiger charge is 2.06. The standard InChI is InChI=1S/C14H14BrN3O/c1-18(10-12-8-16-17-9-12)14(19)7-4-11-2-5-13(15)6-3-11/h2-9H,10H2,1H3,(H,16,17). The number of nitrogens with one attached hydrogen (secondary N) is 1. The number of likely N-dealkylation sites (N-methyl/N-ethyl adjacent to an activating group) is 1. The largest absolute Gasteiger partial charge is 0.338 e. The zero-order chi connectivity index (χ0) is 13.7. The molecule has 0 fully saturated rings. The van der Waals surface area contributed by atoms with Crippen LogP contribution in [0.25, 0.3) is 6.08 Å². The summed E-state index contributed by atoms with van der Waals surface area (Å²) in [5.74, 6) is -0.0379. The Bertz CT molecular complexity index is 561. The third kappa shape index (κ3) is 4.06. The fourth-order valence-corrected chi connectivity index (χ4v) is 1.85. The van der Waals surface area contributed by atoms with E-state index in [-0.39, 0.29) is 5.91 Å². The van der Waals surface area contributed by atoms with Gasteiger partial charge in [-0.1, -0.05) is 28.1 Å². The van der Waals surface area contributed by atoms with Crippen molar-refractivity contribution in [2.75, 3.05) is 7.05 Å². The van der Waals surface area contributed by atoms with E-state index in [0.717, 1.165) is 15.6 Å². The van der Waals surface area contributed by atoms with Crippen LogP contribution in [0.5, 0.6) is 0 Å². The van der Waals surface area contributed by atoms with E-state index in [2.05, 4.69) is 26.1 Å². The number of carbonyl (C=O) groups is 1. The predicted molar refractivity (Wildman–Crippen MR) is 78.2 cm³/mol. The molecule has 1 N–H and O–H groups in total. The molecule has 0 bridgehead atoms. The Balaban J connectivity index is 1.94. The van der Waals surface area contributed by atoms with Gasteiger partial charge in [-0.05, 0) is 23.8 Å². The van der Waals surface area contributed by atoms with Crippen LogP contribution in [0.2, 0.25) is 0 Å². The van der Waals surface area contributed by atoms with Gasteiger partial charge in [-0.2, -0.15) is 5.10 Å². The minimum atomic E-state index is -0.0379. The number of amides is 1. The van der Waals surface area contributed by atoms with Crippen molar-refractivity contribution >= 4 is 27.9 Å². The zero-order valence-electron chi connectivity index (χ0n) is 10.5. The molecule has 2 aromatic rings. The number of benzene rings is 1. The maximum Gasteiger partial charge on any atom is 0.246 e. The van der Waals surface area contributed by atoms with Gasteiger partial charge < -0.3 is 4.90 Å². The molecule has 0 saturated heterocycles. The Hall–Kier alpha value is -1.88. The van der Waals surface area contributed by atoms with Gasteiger partial charge in [0.15, 0.2) is 0 Å². The smallest absolute Gasteiger partial charge is 0.246 e. The first-order valence-corrected chi connectivity index (χ1v) is 6.61. The molecule has 0 aliphatic rings. The number of carbonyl (C=O) groups excluding carboxylic acids is 1. The molecule has 19 heavy (non-hydrogen) atoms. The Morgan fingerprint density at radius 2 is 2.16 bits per heavy atom. The van der Waals surface area contributed by atoms with Crippen molar-refractivity contribution < 1.29 is 4.79 Å². The van der Waals surface area contributed by atoms with Gasteiger partial charge in [0, 0.05) is 35.9 Å². The second-order valence-electron chi connectivity index (χ2n) is 4.19. The van der Waals surface area contributed by atoms with E-state index < -0.39 is 0 Å². The molecule has 4 nitrogen and oxygen atoms in total. The fraction of sp³-hybridized carbons (Fsp3) is 0.143. The van der Waals surface area contributed by atoms with Gasteiger partial charge >= 0.3 is 0 Å². The second-order valence-corrected chi connectivity index (χ2v) is 5.10. The Labute approximate surface area is 120 Å². The summed E-state index contributed by atoms with van der Waals surface area (Å²) in [6, 6.07) is 7.78. The summed E-state index contributed by atoms with van der Waals surface area (Å²) in [4.78, 5) is 13.5. The van der Waals surface area contributed by atoms with Crippen LogP contribution < -0.4 is 0 Å². The van der Waals surface area contributed by atoms with Crippen LogP contribution in [0.1, 0.15) is 11.1 Å². The average Bonchev–Trinajstić information content (AvgIpc) is 2.90. The van der Waals surface area contributed by atoms with Crippen LogP contribution >= 0.6 is 15.9 Å². The van der Waals surface area contributed by atoms with E-state index in [1.807, 2.05) is 24.3 Å². The third-order valence-corrected chi connectivity index (χ3v) is 3.17. The summed E-state index contributed by atoms with van der Waals surface area (Å²) in [6.45, 7) is 0.542. The van der Waals surface area contributed by atoms with Crippen molar-refractivity contribution in [3.8, 4) is 0 Å². The Morgan fingerprint density at radius 3 is 2.79 bits per heavy atom. The number of H-pyrrole nitrogens is 1. The summed E-state index contributed by atoms with van der Waals surface area (Å²) in [6.07, 6.45) is 6.87. The average molecular weight is 320 g/mol. The van der Waals surface area contributed by atoms with Crippen molar-refractivity contribution in [2.45, 2.75) is 6.54 Å². The van der Waals surface area contributed by atoms with E-state index in [1.54, 1.807) is 36.5 Å². The number of hydrogen-bond acceptors (Lipinski definition) is 2. The highest BCUT2D eigenvalue weighted by atomic mass is 79.9. The van der Waals surface area contributed by atoms with E-state index in [0.29, 0.717) is 6.54 Å². The van der Waals surface area contributed by atoms with Crippen molar-refractivity contribution in [1.82, 2.24) is 15.1 Å². The van der Waals surface area contributed by atoms with E-state index >= 15 is 0 Å². The monoisotopic (exact) mass is 319 g/mol. The Kier molecular flexibility index (Phi) is 4.52. The second kappa shape index (κ2) is 6.33. The molecule has 1 heterocycles. The molecule has 1 aromatic carbocycles. The van der Waals surface area contributed by atoms with Gasteiger partial charge in [0.05, 0.1) is 6.20 Å². The van der Waals surface area contributed by atoms with Gasteiger partial charge in [0.25, 0.3) is 0 Å². The molecule has 0 spiro atoms. The minimum Gasteiger partial charge on any atom is -0.338 e. The summed E-state index contributed by atoms with van der Waals surface area (Å²) < 4.78 is 1.02.